The van der Waals surface area contributed by atoms with E-state index in [2.05, 4.69) is 18.3 Å². The molecule has 0 spiro atoms. The van der Waals surface area contributed by atoms with Gasteiger partial charge >= 0.3 is 0 Å². The van der Waals surface area contributed by atoms with E-state index in [1.54, 1.807) is 6.92 Å². The summed E-state index contributed by atoms with van der Waals surface area (Å²) < 4.78 is 11.6. The number of carbonyl (C=O) groups excluding carboxylic acids is 1. The summed E-state index contributed by atoms with van der Waals surface area (Å²) in [4.78, 5) is 12.3. The van der Waals surface area contributed by atoms with E-state index < -0.39 is 6.10 Å². The fourth-order valence-corrected chi connectivity index (χ4v) is 3.04. The van der Waals surface area contributed by atoms with Crippen molar-refractivity contribution in [1.82, 2.24) is 5.32 Å². The normalized spacial score (nSPS) is 11.8. The molecular formula is C23H30ClNO3. The predicted molar refractivity (Wildman–Crippen MR) is 115 cm³/mol. The lowest BCUT2D eigenvalue weighted by molar-refractivity contribution is -0.127. The topological polar surface area (TPSA) is 47.6 Å². The van der Waals surface area contributed by atoms with Crippen LogP contribution in [0.2, 0.25) is 5.02 Å². The van der Waals surface area contributed by atoms with E-state index in [9.17, 15) is 4.79 Å². The molecule has 1 atom stereocenters. The summed E-state index contributed by atoms with van der Waals surface area (Å²) >= 11 is 6.18. The number of hydrogen-bond donors (Lipinski definition) is 1. The van der Waals surface area contributed by atoms with Crippen LogP contribution in [0.25, 0.3) is 0 Å². The van der Waals surface area contributed by atoms with Gasteiger partial charge in [0.15, 0.2) is 6.10 Å². The monoisotopic (exact) mass is 403 g/mol. The maximum absolute atomic E-state index is 12.3. The summed E-state index contributed by atoms with van der Waals surface area (Å²) in [6.45, 7) is 9.00. The van der Waals surface area contributed by atoms with E-state index in [1.807, 2.05) is 44.2 Å². The lowest BCUT2D eigenvalue weighted by Gasteiger charge is -2.16. The van der Waals surface area contributed by atoms with Crippen LogP contribution in [0.3, 0.4) is 0 Å². The second-order valence-corrected chi connectivity index (χ2v) is 7.36. The summed E-state index contributed by atoms with van der Waals surface area (Å²) in [5, 5.41) is 3.67. The molecule has 0 saturated carbocycles. The molecule has 28 heavy (non-hydrogen) atoms. The van der Waals surface area contributed by atoms with E-state index in [-0.39, 0.29) is 5.91 Å². The largest absolute Gasteiger partial charge is 0.493 e. The van der Waals surface area contributed by atoms with E-state index in [0.717, 1.165) is 41.2 Å². The number of para-hydroxylation sites is 1. The van der Waals surface area contributed by atoms with Gasteiger partial charge in [-0.25, -0.2) is 0 Å². The first-order valence-corrected chi connectivity index (χ1v) is 10.2. The Kier molecular flexibility index (Phi) is 8.65. The van der Waals surface area contributed by atoms with Crippen LogP contribution in [0.4, 0.5) is 0 Å². The molecule has 1 amide bonds. The first-order valence-electron chi connectivity index (χ1n) is 9.84. The summed E-state index contributed by atoms with van der Waals surface area (Å²) in [6.07, 6.45) is 2.10. The van der Waals surface area contributed by atoms with Gasteiger partial charge in [-0.15, -0.1) is 0 Å². The number of halogens is 1. The lowest BCUT2D eigenvalue weighted by Crippen LogP contribution is -2.37. The van der Waals surface area contributed by atoms with Crippen molar-refractivity contribution in [2.45, 2.75) is 53.1 Å². The van der Waals surface area contributed by atoms with Crippen molar-refractivity contribution < 1.29 is 14.3 Å². The lowest BCUT2D eigenvalue weighted by atomic mass is 10.1. The molecule has 0 saturated heterocycles. The molecule has 0 aliphatic carbocycles. The van der Waals surface area contributed by atoms with Crippen molar-refractivity contribution in [3.63, 3.8) is 0 Å². The molecule has 0 aliphatic heterocycles. The van der Waals surface area contributed by atoms with Crippen molar-refractivity contribution in [2.24, 2.45) is 0 Å². The summed E-state index contributed by atoms with van der Waals surface area (Å²) in [5.41, 5.74) is 3.04. The third kappa shape index (κ3) is 6.45. The van der Waals surface area contributed by atoms with Crippen LogP contribution in [0.15, 0.2) is 36.4 Å². The van der Waals surface area contributed by atoms with Crippen LogP contribution < -0.4 is 14.8 Å². The molecule has 2 aromatic carbocycles. The highest BCUT2D eigenvalue weighted by Crippen LogP contribution is 2.26. The van der Waals surface area contributed by atoms with Gasteiger partial charge in [0, 0.05) is 11.6 Å². The van der Waals surface area contributed by atoms with Gasteiger partial charge in [-0.2, -0.15) is 0 Å². The highest BCUT2D eigenvalue weighted by Gasteiger charge is 2.15. The highest BCUT2D eigenvalue weighted by atomic mass is 35.5. The molecule has 2 aromatic rings. The summed E-state index contributed by atoms with van der Waals surface area (Å²) in [7, 11) is 0. The zero-order valence-corrected chi connectivity index (χ0v) is 17.9. The number of ether oxygens (including phenoxy) is 2. The zero-order chi connectivity index (χ0) is 20.5. The summed E-state index contributed by atoms with van der Waals surface area (Å²) in [5.74, 6) is 1.46. The van der Waals surface area contributed by atoms with Crippen molar-refractivity contribution in [1.29, 1.82) is 0 Å². The number of benzene rings is 2. The molecule has 0 bridgehead atoms. The van der Waals surface area contributed by atoms with Gasteiger partial charge in [0.25, 0.3) is 5.91 Å². The van der Waals surface area contributed by atoms with E-state index in [4.69, 9.17) is 21.1 Å². The quantitative estimate of drug-likeness (QED) is 0.550. The maximum atomic E-state index is 12.3. The third-order valence-corrected chi connectivity index (χ3v) is 5.04. The Bertz CT molecular complexity index is 768. The number of rotatable bonds is 10. The molecule has 2 rings (SSSR count). The molecule has 0 aromatic heterocycles. The molecular weight excluding hydrogens is 374 g/mol. The fourth-order valence-electron chi connectivity index (χ4n) is 2.93. The third-order valence-electron chi connectivity index (χ3n) is 4.45. The maximum Gasteiger partial charge on any atom is 0.260 e. The average molecular weight is 404 g/mol. The minimum absolute atomic E-state index is 0.124. The van der Waals surface area contributed by atoms with Crippen molar-refractivity contribution >= 4 is 17.5 Å². The highest BCUT2D eigenvalue weighted by molar-refractivity contribution is 6.32. The SMILES string of the molecule is CCCOc1ccccc1CCCNC(=O)[C@H](C)Oc1cc(C)c(Cl)c(C)c1. The number of hydrogen-bond acceptors (Lipinski definition) is 3. The molecule has 1 N–H and O–H groups in total. The first-order chi connectivity index (χ1) is 13.4. The Morgan fingerprint density at radius 3 is 2.54 bits per heavy atom. The predicted octanol–water partition coefficient (Wildman–Crippen LogP) is 5.26. The second-order valence-electron chi connectivity index (χ2n) is 6.98. The van der Waals surface area contributed by atoms with Crippen LogP contribution in [0.1, 0.15) is 43.4 Å². The van der Waals surface area contributed by atoms with Crippen LogP contribution in [0, 0.1) is 13.8 Å². The fraction of sp³-hybridized carbons (Fsp3) is 0.435. The number of aryl methyl sites for hydroxylation is 3. The van der Waals surface area contributed by atoms with Crippen molar-refractivity contribution in [3.05, 3.63) is 58.1 Å². The van der Waals surface area contributed by atoms with Gasteiger partial charge < -0.3 is 14.8 Å². The second kappa shape index (κ2) is 11.0. The zero-order valence-electron chi connectivity index (χ0n) is 17.2. The Hall–Kier alpha value is -2.20. The van der Waals surface area contributed by atoms with Crippen LogP contribution in [-0.4, -0.2) is 25.2 Å². The average Bonchev–Trinajstić information content (AvgIpc) is 2.68. The van der Waals surface area contributed by atoms with Crippen molar-refractivity contribution in [2.75, 3.05) is 13.2 Å². The molecule has 0 heterocycles. The molecule has 4 nitrogen and oxygen atoms in total. The van der Waals surface area contributed by atoms with Crippen LogP contribution >= 0.6 is 11.6 Å². The van der Waals surface area contributed by atoms with E-state index >= 15 is 0 Å². The van der Waals surface area contributed by atoms with Gasteiger partial charge in [0.05, 0.1) is 6.61 Å². The molecule has 0 aliphatic rings. The molecule has 0 unspecified atom stereocenters. The summed E-state index contributed by atoms with van der Waals surface area (Å²) in [6, 6.07) is 11.8. The van der Waals surface area contributed by atoms with E-state index in [1.165, 1.54) is 5.56 Å². The number of nitrogens with one attached hydrogen (secondary N) is 1. The first kappa shape index (κ1) is 22.1. The van der Waals surface area contributed by atoms with E-state index in [0.29, 0.717) is 18.9 Å². The minimum atomic E-state index is -0.569. The Morgan fingerprint density at radius 2 is 1.86 bits per heavy atom. The molecule has 0 radical (unpaired) electrons. The smallest absolute Gasteiger partial charge is 0.260 e. The standard InChI is InChI=1S/C23H30ClNO3/c1-5-13-27-21-11-7-6-9-19(21)10-8-12-25-23(26)18(4)28-20-14-16(2)22(24)17(3)15-20/h6-7,9,11,14-15,18H,5,8,10,12-13H2,1-4H3,(H,25,26)/t18-/m0/s1. The Labute approximate surface area is 173 Å². The molecule has 5 heteroatoms. The van der Waals surface area contributed by atoms with Gasteiger partial charge in [-0.1, -0.05) is 36.7 Å². The van der Waals surface area contributed by atoms with Crippen LogP contribution in [0.5, 0.6) is 11.5 Å². The molecule has 0 fully saturated rings. The minimum Gasteiger partial charge on any atom is -0.493 e. The van der Waals surface area contributed by atoms with Gasteiger partial charge in [-0.05, 0) is 74.9 Å². The van der Waals surface area contributed by atoms with Crippen molar-refractivity contribution in [3.8, 4) is 11.5 Å². The Balaban J connectivity index is 1.79. The van der Waals surface area contributed by atoms with Crippen LogP contribution in [-0.2, 0) is 11.2 Å². The van der Waals surface area contributed by atoms with Gasteiger partial charge in [0.1, 0.15) is 11.5 Å². The Morgan fingerprint density at radius 1 is 1.18 bits per heavy atom. The van der Waals surface area contributed by atoms with Gasteiger partial charge in [0.2, 0.25) is 0 Å². The number of carbonyl (C=O) groups is 1. The van der Waals surface area contributed by atoms with Gasteiger partial charge in [-0.3, -0.25) is 4.79 Å². The molecule has 152 valence electrons. The number of amides is 1.